The van der Waals surface area contributed by atoms with E-state index in [1.165, 1.54) is 12.0 Å². The number of aliphatic hydroxyl groups excluding tert-OH is 1. The van der Waals surface area contributed by atoms with Crippen molar-refractivity contribution in [2.45, 2.75) is 12.5 Å². The molecule has 2 aromatic carbocycles. The van der Waals surface area contributed by atoms with Crippen molar-refractivity contribution < 1.29 is 24.2 Å². The van der Waals surface area contributed by atoms with Gasteiger partial charge in [0.15, 0.2) is 0 Å². The van der Waals surface area contributed by atoms with Crippen molar-refractivity contribution in [2.24, 2.45) is 0 Å². The van der Waals surface area contributed by atoms with Gasteiger partial charge in [0.05, 0.1) is 23.2 Å². The Morgan fingerprint density at radius 2 is 1.87 bits per heavy atom. The molecular weight excluding hydrogens is 474 g/mol. The molecule has 3 rings (SSSR count). The summed E-state index contributed by atoms with van der Waals surface area (Å²) in [7, 11) is 3.11. The molecule has 1 aliphatic rings. The van der Waals surface area contributed by atoms with Crippen molar-refractivity contribution in [2.75, 3.05) is 27.4 Å². The highest BCUT2D eigenvalue weighted by atomic mass is 79.9. The van der Waals surface area contributed by atoms with E-state index in [1.54, 1.807) is 49.6 Å². The Balaban J connectivity index is 2.12. The predicted molar refractivity (Wildman–Crippen MR) is 118 cm³/mol. The molecule has 1 aliphatic heterocycles. The topological polar surface area (TPSA) is 76.1 Å². The van der Waals surface area contributed by atoms with E-state index >= 15 is 0 Å². The molecule has 0 bridgehead atoms. The van der Waals surface area contributed by atoms with Gasteiger partial charge >= 0.3 is 0 Å². The number of carbonyl (C=O) groups is 2. The fourth-order valence-corrected chi connectivity index (χ4v) is 4.12. The molecule has 0 aliphatic carbocycles. The molecule has 0 saturated carbocycles. The number of amides is 1. The molecule has 0 spiro atoms. The summed E-state index contributed by atoms with van der Waals surface area (Å²) >= 11 is 9.40. The third kappa shape index (κ3) is 4.38. The van der Waals surface area contributed by atoms with Gasteiger partial charge in [-0.25, -0.2) is 0 Å². The van der Waals surface area contributed by atoms with Crippen LogP contribution in [0, 0.1) is 0 Å². The van der Waals surface area contributed by atoms with E-state index in [1.807, 2.05) is 0 Å². The van der Waals surface area contributed by atoms with Crippen LogP contribution in [0.1, 0.15) is 23.6 Å². The highest BCUT2D eigenvalue weighted by Gasteiger charge is 2.45. The molecule has 2 aromatic rings. The molecular formula is C22H21BrClNO5. The maximum absolute atomic E-state index is 12.9. The van der Waals surface area contributed by atoms with Crippen LogP contribution in [0.25, 0.3) is 5.76 Å². The fourth-order valence-electron chi connectivity index (χ4n) is 3.45. The number of carbonyl (C=O) groups excluding carboxylic acids is 2. The molecule has 1 atom stereocenters. The first-order chi connectivity index (χ1) is 14.4. The van der Waals surface area contributed by atoms with Crippen molar-refractivity contribution in [1.82, 2.24) is 4.90 Å². The van der Waals surface area contributed by atoms with Gasteiger partial charge in [-0.15, -0.1) is 0 Å². The van der Waals surface area contributed by atoms with Crippen LogP contribution >= 0.6 is 27.5 Å². The number of hydrogen-bond donors (Lipinski definition) is 1. The quantitative estimate of drug-likeness (QED) is 0.264. The fraction of sp³-hybridized carbons (Fsp3) is 0.273. The molecule has 1 saturated heterocycles. The maximum atomic E-state index is 12.9. The number of ketones is 1. The summed E-state index contributed by atoms with van der Waals surface area (Å²) in [4.78, 5) is 27.2. The zero-order valence-electron chi connectivity index (χ0n) is 16.5. The van der Waals surface area contributed by atoms with Gasteiger partial charge in [0.25, 0.3) is 11.7 Å². The summed E-state index contributed by atoms with van der Waals surface area (Å²) in [5.74, 6) is -1.04. The van der Waals surface area contributed by atoms with Crippen molar-refractivity contribution in [3.63, 3.8) is 0 Å². The van der Waals surface area contributed by atoms with Crippen LogP contribution in [0.15, 0.2) is 52.5 Å². The van der Waals surface area contributed by atoms with Gasteiger partial charge < -0.3 is 19.5 Å². The van der Waals surface area contributed by atoms with E-state index in [-0.39, 0.29) is 11.3 Å². The van der Waals surface area contributed by atoms with Crippen molar-refractivity contribution in [3.8, 4) is 5.75 Å². The first kappa shape index (κ1) is 22.3. The molecule has 1 heterocycles. The number of ether oxygens (including phenoxy) is 2. The number of rotatable bonds is 7. The van der Waals surface area contributed by atoms with Gasteiger partial charge in [-0.05, 0) is 58.2 Å². The summed E-state index contributed by atoms with van der Waals surface area (Å²) in [6.07, 6.45) is 0.557. The van der Waals surface area contributed by atoms with Crippen molar-refractivity contribution in [1.29, 1.82) is 0 Å². The lowest BCUT2D eigenvalue weighted by atomic mass is 9.95. The molecule has 1 unspecified atom stereocenters. The van der Waals surface area contributed by atoms with E-state index in [4.69, 9.17) is 21.1 Å². The minimum absolute atomic E-state index is 0.0387. The Morgan fingerprint density at radius 1 is 1.17 bits per heavy atom. The Bertz CT molecular complexity index is 990. The highest BCUT2D eigenvalue weighted by molar-refractivity contribution is 9.10. The van der Waals surface area contributed by atoms with Crippen LogP contribution in [-0.2, 0) is 14.3 Å². The standard InChI is InChI=1S/C22H21BrClNO5/c1-29-11-3-10-25-19(13-4-7-15(24)8-5-13)18(21(27)22(25)28)20(26)14-6-9-17(30-2)16(23)12-14/h4-9,12,19,26H,3,10-11H2,1-2H3/b20-18-. The minimum Gasteiger partial charge on any atom is -0.507 e. The third-order valence-electron chi connectivity index (χ3n) is 4.90. The predicted octanol–water partition coefficient (Wildman–Crippen LogP) is 4.57. The summed E-state index contributed by atoms with van der Waals surface area (Å²) in [6.45, 7) is 0.760. The summed E-state index contributed by atoms with van der Waals surface area (Å²) in [5, 5.41) is 11.6. The number of Topliss-reactive ketones (excluding diaryl/α,β-unsaturated/α-hetero) is 1. The largest absolute Gasteiger partial charge is 0.507 e. The maximum Gasteiger partial charge on any atom is 0.295 e. The second kappa shape index (κ2) is 9.64. The Hall–Kier alpha value is -2.35. The molecule has 0 aromatic heterocycles. The van der Waals surface area contributed by atoms with Crippen molar-refractivity contribution >= 4 is 45.0 Å². The Labute approximate surface area is 188 Å². The molecule has 1 fully saturated rings. The molecule has 158 valence electrons. The number of aliphatic hydroxyl groups is 1. The van der Waals surface area contributed by atoms with Gasteiger partial charge in [0, 0.05) is 30.8 Å². The van der Waals surface area contributed by atoms with Gasteiger partial charge in [0.2, 0.25) is 0 Å². The lowest BCUT2D eigenvalue weighted by Gasteiger charge is -2.25. The second-order valence-corrected chi connectivity index (χ2v) is 8.03. The number of likely N-dealkylation sites (tertiary alicyclic amines) is 1. The van der Waals surface area contributed by atoms with E-state index in [0.717, 1.165) is 0 Å². The highest BCUT2D eigenvalue weighted by Crippen LogP contribution is 2.40. The number of methoxy groups -OCH3 is 2. The zero-order valence-corrected chi connectivity index (χ0v) is 18.9. The van der Waals surface area contributed by atoms with Crippen LogP contribution < -0.4 is 4.74 Å². The van der Waals surface area contributed by atoms with Crippen LogP contribution in [0.3, 0.4) is 0 Å². The number of nitrogens with zero attached hydrogens (tertiary/aromatic N) is 1. The van der Waals surface area contributed by atoms with Gasteiger partial charge in [0.1, 0.15) is 11.5 Å². The Kier molecular flexibility index (Phi) is 7.18. The zero-order chi connectivity index (χ0) is 21.8. The second-order valence-electron chi connectivity index (χ2n) is 6.74. The minimum atomic E-state index is -0.725. The molecule has 6 nitrogen and oxygen atoms in total. The molecule has 1 N–H and O–H groups in total. The lowest BCUT2D eigenvalue weighted by molar-refractivity contribution is -0.140. The molecule has 0 radical (unpaired) electrons. The first-order valence-electron chi connectivity index (χ1n) is 9.25. The number of benzene rings is 2. The lowest BCUT2D eigenvalue weighted by Crippen LogP contribution is -2.31. The van der Waals surface area contributed by atoms with Gasteiger partial charge in [-0.1, -0.05) is 23.7 Å². The molecule has 8 heteroatoms. The van der Waals surface area contributed by atoms with Crippen molar-refractivity contribution in [3.05, 3.63) is 68.7 Å². The van der Waals surface area contributed by atoms with Crippen LogP contribution in [0.2, 0.25) is 5.02 Å². The van der Waals surface area contributed by atoms with Crippen LogP contribution in [0.4, 0.5) is 0 Å². The summed E-state index contributed by atoms with van der Waals surface area (Å²) in [5.41, 5.74) is 1.12. The molecule has 30 heavy (non-hydrogen) atoms. The number of hydrogen-bond acceptors (Lipinski definition) is 5. The van der Waals surface area contributed by atoms with E-state index in [2.05, 4.69) is 15.9 Å². The van der Waals surface area contributed by atoms with Gasteiger partial charge in [-0.2, -0.15) is 0 Å². The SMILES string of the molecule is COCCCN1C(=O)C(=O)/C(=C(\O)c2ccc(OC)c(Br)c2)C1c1ccc(Cl)cc1. The average Bonchev–Trinajstić information content (AvgIpc) is 2.99. The van der Waals surface area contributed by atoms with Crippen LogP contribution in [0.5, 0.6) is 5.75 Å². The summed E-state index contributed by atoms with van der Waals surface area (Å²) < 4.78 is 10.9. The number of halogens is 2. The molecule has 1 amide bonds. The third-order valence-corrected chi connectivity index (χ3v) is 5.77. The smallest absolute Gasteiger partial charge is 0.295 e. The van der Waals surface area contributed by atoms with E-state index in [0.29, 0.717) is 45.9 Å². The normalized spacial score (nSPS) is 18.1. The van der Waals surface area contributed by atoms with E-state index < -0.39 is 17.7 Å². The van der Waals surface area contributed by atoms with Crippen LogP contribution in [-0.4, -0.2) is 49.1 Å². The average molecular weight is 495 g/mol. The summed E-state index contributed by atoms with van der Waals surface area (Å²) in [6, 6.07) is 11.1. The Morgan fingerprint density at radius 3 is 2.47 bits per heavy atom. The van der Waals surface area contributed by atoms with E-state index in [9.17, 15) is 14.7 Å². The monoisotopic (exact) mass is 493 g/mol. The van der Waals surface area contributed by atoms with Gasteiger partial charge in [-0.3, -0.25) is 9.59 Å². The first-order valence-corrected chi connectivity index (χ1v) is 10.4.